The molecule has 0 atom stereocenters. The second-order valence-electron chi connectivity index (χ2n) is 5.70. The van der Waals surface area contributed by atoms with Gasteiger partial charge in [-0.25, -0.2) is 0 Å². The van der Waals surface area contributed by atoms with E-state index in [-0.39, 0.29) is 0 Å². The number of hydrogen-bond acceptors (Lipinski definition) is 2. The smallest absolute Gasteiger partial charge is 0.307 e. The predicted octanol–water partition coefficient (Wildman–Crippen LogP) is 4.55. The van der Waals surface area contributed by atoms with Gasteiger partial charge in [-0.1, -0.05) is 91.0 Å². The Morgan fingerprint density at radius 3 is 1.58 bits per heavy atom. The molecule has 3 aromatic rings. The van der Waals surface area contributed by atoms with E-state index >= 15 is 0 Å². The number of carbonyl (C=O) groups excluding carboxylic acids is 1. The van der Waals surface area contributed by atoms with Crippen molar-refractivity contribution in [2.45, 2.75) is 12.0 Å². The topological polar surface area (TPSA) is 26.3 Å². The van der Waals surface area contributed by atoms with Crippen LogP contribution in [0.25, 0.3) is 0 Å². The van der Waals surface area contributed by atoms with Crippen molar-refractivity contribution in [2.75, 3.05) is 0 Å². The maximum Gasteiger partial charge on any atom is 0.307 e. The molecule has 3 rings (SSSR count). The summed E-state index contributed by atoms with van der Waals surface area (Å²) in [5.74, 6) is -0.543. The van der Waals surface area contributed by atoms with Crippen LogP contribution in [0.4, 0.5) is 0 Å². The van der Waals surface area contributed by atoms with Gasteiger partial charge in [0.1, 0.15) is 0 Å². The number of rotatable bonds is 5. The highest BCUT2D eigenvalue weighted by Gasteiger charge is 2.37. The molecule has 0 N–H and O–H groups in total. The van der Waals surface area contributed by atoms with Crippen molar-refractivity contribution in [3.8, 4) is 0 Å². The minimum Gasteiger partial charge on any atom is -0.449 e. The predicted molar refractivity (Wildman–Crippen MR) is 95.3 cm³/mol. The van der Waals surface area contributed by atoms with E-state index < -0.39 is 11.6 Å². The fourth-order valence-corrected chi connectivity index (χ4v) is 3.02. The molecule has 24 heavy (non-hydrogen) atoms. The third kappa shape index (κ3) is 3.38. The van der Waals surface area contributed by atoms with Gasteiger partial charge in [-0.2, -0.15) is 0 Å². The second kappa shape index (κ2) is 7.14. The standard InChI is InChI=1S/C22H19O2/c1-18(23)24-22(20-13-7-3-8-14-20,21-15-9-4-10-16-21)17-19-11-5-2-6-12-19/h2-16H,1,17H2. The molecule has 0 amide bonds. The molecule has 0 spiro atoms. The van der Waals surface area contributed by atoms with Crippen LogP contribution in [-0.4, -0.2) is 5.97 Å². The molecule has 119 valence electrons. The summed E-state index contributed by atoms with van der Waals surface area (Å²) in [6.07, 6.45) is 0.545. The van der Waals surface area contributed by atoms with Crippen LogP contribution in [-0.2, 0) is 21.6 Å². The summed E-state index contributed by atoms with van der Waals surface area (Å²) < 4.78 is 5.86. The summed E-state index contributed by atoms with van der Waals surface area (Å²) in [6.45, 7) is 3.45. The monoisotopic (exact) mass is 315 g/mol. The summed E-state index contributed by atoms with van der Waals surface area (Å²) in [4.78, 5) is 11.9. The maximum atomic E-state index is 11.9. The molecular weight excluding hydrogens is 296 g/mol. The minimum atomic E-state index is -0.900. The van der Waals surface area contributed by atoms with Crippen LogP contribution in [0, 0.1) is 6.92 Å². The Balaban J connectivity index is 2.18. The highest BCUT2D eigenvalue weighted by atomic mass is 16.6. The van der Waals surface area contributed by atoms with Crippen molar-refractivity contribution in [2.24, 2.45) is 0 Å². The molecule has 0 saturated heterocycles. The van der Waals surface area contributed by atoms with Crippen LogP contribution in [0.5, 0.6) is 0 Å². The minimum absolute atomic E-state index is 0.543. The van der Waals surface area contributed by atoms with E-state index in [1.807, 2.05) is 91.0 Å². The normalized spacial score (nSPS) is 11.0. The Hall–Kier alpha value is -2.87. The first-order chi connectivity index (χ1) is 11.7. The summed E-state index contributed by atoms with van der Waals surface area (Å²) in [5.41, 5.74) is 2.04. The lowest BCUT2D eigenvalue weighted by molar-refractivity contribution is -0.150. The quantitative estimate of drug-likeness (QED) is 0.646. The van der Waals surface area contributed by atoms with Crippen molar-refractivity contribution in [1.29, 1.82) is 0 Å². The van der Waals surface area contributed by atoms with Crippen LogP contribution in [0.3, 0.4) is 0 Å². The Bertz CT molecular complexity index is 740. The van der Waals surface area contributed by atoms with Gasteiger partial charge >= 0.3 is 5.97 Å². The van der Waals surface area contributed by atoms with Gasteiger partial charge in [-0.05, 0) is 5.56 Å². The summed E-state index contributed by atoms with van der Waals surface area (Å²) in [6, 6.07) is 29.7. The van der Waals surface area contributed by atoms with E-state index in [1.165, 1.54) is 0 Å². The van der Waals surface area contributed by atoms with Gasteiger partial charge in [-0.15, -0.1) is 0 Å². The molecule has 0 unspecified atom stereocenters. The molecule has 1 radical (unpaired) electrons. The first-order valence-corrected chi connectivity index (χ1v) is 7.91. The molecular formula is C22H19O2. The number of hydrogen-bond donors (Lipinski definition) is 0. The van der Waals surface area contributed by atoms with Crippen molar-refractivity contribution in [1.82, 2.24) is 0 Å². The molecule has 0 aliphatic rings. The number of esters is 1. The Morgan fingerprint density at radius 2 is 1.17 bits per heavy atom. The second-order valence-corrected chi connectivity index (χ2v) is 5.70. The van der Waals surface area contributed by atoms with E-state index in [1.54, 1.807) is 0 Å². The molecule has 0 aromatic heterocycles. The molecule has 2 nitrogen and oxygen atoms in total. The number of ether oxygens (including phenoxy) is 1. The van der Waals surface area contributed by atoms with Gasteiger partial charge in [0, 0.05) is 17.5 Å². The Labute approximate surface area is 142 Å². The molecule has 0 aliphatic heterocycles. The fourth-order valence-electron chi connectivity index (χ4n) is 3.02. The molecule has 0 bridgehead atoms. The Morgan fingerprint density at radius 1 is 0.750 bits per heavy atom. The van der Waals surface area contributed by atoms with E-state index in [2.05, 4.69) is 6.92 Å². The number of benzene rings is 3. The van der Waals surface area contributed by atoms with Gasteiger partial charge in [0.05, 0.1) is 6.92 Å². The fraction of sp³-hybridized carbons (Fsp3) is 0.0909. The van der Waals surface area contributed by atoms with Crippen LogP contribution < -0.4 is 0 Å². The molecule has 0 fully saturated rings. The van der Waals surface area contributed by atoms with Crippen LogP contribution in [0.1, 0.15) is 16.7 Å². The Kier molecular flexibility index (Phi) is 4.76. The zero-order chi connectivity index (χ0) is 16.8. The molecule has 0 aliphatic carbocycles. The van der Waals surface area contributed by atoms with E-state index in [0.717, 1.165) is 16.7 Å². The van der Waals surface area contributed by atoms with Gasteiger partial charge in [0.2, 0.25) is 0 Å². The van der Waals surface area contributed by atoms with Crippen molar-refractivity contribution in [3.63, 3.8) is 0 Å². The molecule has 2 heteroatoms. The summed E-state index contributed by atoms with van der Waals surface area (Å²) in [5, 5.41) is 0. The zero-order valence-corrected chi connectivity index (χ0v) is 13.4. The average molecular weight is 315 g/mol. The number of carbonyl (C=O) groups is 1. The zero-order valence-electron chi connectivity index (χ0n) is 13.4. The van der Waals surface area contributed by atoms with Crippen LogP contribution in [0.15, 0.2) is 91.0 Å². The SMILES string of the molecule is [CH2]C(=O)OC(Cc1ccccc1)(c1ccccc1)c1ccccc1. The lowest BCUT2D eigenvalue weighted by Crippen LogP contribution is -2.35. The first kappa shape index (κ1) is 16.0. The third-order valence-electron chi connectivity index (χ3n) is 4.06. The molecule has 0 saturated carbocycles. The summed E-state index contributed by atoms with van der Waals surface area (Å²) in [7, 11) is 0. The lowest BCUT2D eigenvalue weighted by Gasteiger charge is -2.34. The molecule has 0 heterocycles. The highest BCUT2D eigenvalue weighted by molar-refractivity contribution is 5.75. The lowest BCUT2D eigenvalue weighted by atomic mass is 9.81. The van der Waals surface area contributed by atoms with Crippen molar-refractivity contribution >= 4 is 5.97 Å². The van der Waals surface area contributed by atoms with E-state index in [9.17, 15) is 4.79 Å². The van der Waals surface area contributed by atoms with Gasteiger partial charge in [0.25, 0.3) is 0 Å². The van der Waals surface area contributed by atoms with E-state index in [4.69, 9.17) is 4.74 Å². The third-order valence-corrected chi connectivity index (χ3v) is 4.06. The highest BCUT2D eigenvalue weighted by Crippen LogP contribution is 2.37. The largest absolute Gasteiger partial charge is 0.449 e. The summed E-state index contributed by atoms with van der Waals surface area (Å²) >= 11 is 0. The van der Waals surface area contributed by atoms with Crippen molar-refractivity contribution < 1.29 is 9.53 Å². The van der Waals surface area contributed by atoms with Crippen LogP contribution >= 0.6 is 0 Å². The van der Waals surface area contributed by atoms with Gasteiger partial charge in [0.15, 0.2) is 5.60 Å². The molecule has 3 aromatic carbocycles. The van der Waals surface area contributed by atoms with Crippen LogP contribution in [0.2, 0.25) is 0 Å². The van der Waals surface area contributed by atoms with Crippen molar-refractivity contribution in [3.05, 3.63) is 115 Å². The van der Waals surface area contributed by atoms with Gasteiger partial charge in [-0.3, -0.25) is 4.79 Å². The van der Waals surface area contributed by atoms with Gasteiger partial charge < -0.3 is 4.74 Å². The first-order valence-electron chi connectivity index (χ1n) is 7.91. The average Bonchev–Trinajstić information content (AvgIpc) is 2.63. The van der Waals surface area contributed by atoms with E-state index in [0.29, 0.717) is 6.42 Å². The maximum absolute atomic E-state index is 11.9.